The van der Waals surface area contributed by atoms with Gasteiger partial charge in [-0.3, -0.25) is 14.4 Å². The van der Waals surface area contributed by atoms with Crippen molar-refractivity contribution in [2.45, 2.75) is 58.7 Å². The van der Waals surface area contributed by atoms with Crippen molar-refractivity contribution in [2.75, 3.05) is 32.2 Å². The molecule has 9 nitrogen and oxygen atoms in total. The zero-order valence-corrected chi connectivity index (χ0v) is 23.1. The lowest BCUT2D eigenvalue weighted by molar-refractivity contribution is -0.144. The number of methoxy groups -OCH3 is 1. The standard InChI is InChI=1S/C26H39N3O6S/c1-9-11-29(24(32)20(10-12-36-8)28-25(33)35-26(4,5)6)22(23(31)27-16-21(30)34-7)19-14-17(2)13-18(3)15-19/h9,13-15,20,22H,1,10-12,16H2,2-8H3,(H,27,31)(H,28,33). The first-order valence-electron chi connectivity index (χ1n) is 11.7. The highest BCUT2D eigenvalue weighted by atomic mass is 32.2. The van der Waals surface area contributed by atoms with E-state index in [9.17, 15) is 19.2 Å². The van der Waals surface area contributed by atoms with E-state index in [1.54, 1.807) is 20.8 Å². The fraction of sp³-hybridized carbons (Fsp3) is 0.538. The first-order chi connectivity index (χ1) is 16.8. The normalized spacial score (nSPS) is 12.6. The molecule has 0 fully saturated rings. The first kappa shape index (κ1) is 31.0. The van der Waals surface area contributed by atoms with Crippen molar-refractivity contribution in [1.29, 1.82) is 0 Å². The number of alkyl carbamates (subject to hydrolysis) is 1. The molecule has 0 radical (unpaired) electrons. The predicted molar refractivity (Wildman–Crippen MR) is 142 cm³/mol. The van der Waals surface area contributed by atoms with Gasteiger partial charge in [0.1, 0.15) is 24.2 Å². The summed E-state index contributed by atoms with van der Waals surface area (Å²) in [7, 11) is 1.22. The van der Waals surface area contributed by atoms with Crippen LogP contribution in [0.2, 0.25) is 0 Å². The molecule has 2 N–H and O–H groups in total. The Bertz CT molecular complexity index is 924. The topological polar surface area (TPSA) is 114 Å². The summed E-state index contributed by atoms with van der Waals surface area (Å²) in [6.07, 6.45) is 3.02. The quantitative estimate of drug-likeness (QED) is 0.320. The van der Waals surface area contributed by atoms with Gasteiger partial charge in [0.25, 0.3) is 0 Å². The van der Waals surface area contributed by atoms with Crippen molar-refractivity contribution in [2.24, 2.45) is 0 Å². The Hall–Kier alpha value is -3.01. The minimum absolute atomic E-state index is 0.0356. The molecule has 0 spiro atoms. The Morgan fingerprint density at radius 1 is 1.14 bits per heavy atom. The number of amides is 3. The van der Waals surface area contributed by atoms with E-state index < -0.39 is 41.6 Å². The van der Waals surface area contributed by atoms with Gasteiger partial charge in [-0.2, -0.15) is 11.8 Å². The number of carbonyl (C=O) groups is 4. The lowest BCUT2D eigenvalue weighted by Gasteiger charge is -2.34. The molecular formula is C26H39N3O6S. The molecule has 2 unspecified atom stereocenters. The number of benzene rings is 1. The van der Waals surface area contributed by atoms with Crippen LogP contribution in [0.15, 0.2) is 30.9 Å². The Labute approximate surface area is 218 Å². The van der Waals surface area contributed by atoms with Gasteiger partial charge in [0.05, 0.1) is 7.11 Å². The lowest BCUT2D eigenvalue weighted by atomic mass is 9.98. The summed E-state index contributed by atoms with van der Waals surface area (Å²) in [4.78, 5) is 52.8. The number of nitrogens with one attached hydrogen (secondary N) is 2. The summed E-state index contributed by atoms with van der Waals surface area (Å²) in [5, 5.41) is 5.23. The van der Waals surface area contributed by atoms with Crippen molar-refractivity contribution < 1.29 is 28.7 Å². The molecule has 0 heterocycles. The van der Waals surface area contributed by atoms with Crippen molar-refractivity contribution >= 4 is 35.6 Å². The van der Waals surface area contributed by atoms with Crippen LogP contribution < -0.4 is 10.6 Å². The maximum atomic E-state index is 13.9. The third-order valence-corrected chi connectivity index (χ3v) is 5.61. The van der Waals surface area contributed by atoms with E-state index in [2.05, 4.69) is 21.9 Å². The molecule has 10 heteroatoms. The van der Waals surface area contributed by atoms with E-state index in [-0.39, 0.29) is 13.1 Å². The van der Waals surface area contributed by atoms with Gasteiger partial charge in [-0.1, -0.05) is 35.4 Å². The van der Waals surface area contributed by atoms with Crippen molar-refractivity contribution in [3.8, 4) is 0 Å². The Kier molecular flexibility index (Phi) is 12.5. The minimum atomic E-state index is -1.07. The number of nitrogens with zero attached hydrogens (tertiary/aromatic N) is 1. The van der Waals surface area contributed by atoms with Crippen LogP contribution in [0.4, 0.5) is 4.79 Å². The number of hydrogen-bond acceptors (Lipinski definition) is 7. The third-order valence-electron chi connectivity index (χ3n) is 4.96. The Balaban J connectivity index is 3.46. The zero-order valence-electron chi connectivity index (χ0n) is 22.3. The summed E-state index contributed by atoms with van der Waals surface area (Å²) >= 11 is 1.53. The molecule has 1 aromatic carbocycles. The molecule has 0 aliphatic carbocycles. The number of aryl methyl sites for hydroxylation is 2. The van der Waals surface area contributed by atoms with Crippen LogP contribution in [0, 0.1) is 13.8 Å². The number of rotatable bonds is 12. The number of carbonyl (C=O) groups excluding carboxylic acids is 4. The van der Waals surface area contributed by atoms with Gasteiger partial charge in [-0.15, -0.1) is 6.58 Å². The molecule has 1 rings (SSSR count). The maximum absolute atomic E-state index is 13.9. The largest absolute Gasteiger partial charge is 0.468 e. The smallest absolute Gasteiger partial charge is 0.408 e. The Morgan fingerprint density at radius 2 is 1.75 bits per heavy atom. The third kappa shape index (κ3) is 10.3. The summed E-state index contributed by atoms with van der Waals surface area (Å²) in [5.41, 5.74) is 1.65. The van der Waals surface area contributed by atoms with Crippen LogP contribution in [0.3, 0.4) is 0 Å². The van der Waals surface area contributed by atoms with Crippen molar-refractivity contribution in [3.05, 3.63) is 47.5 Å². The molecule has 0 aliphatic rings. The molecule has 0 aromatic heterocycles. The monoisotopic (exact) mass is 521 g/mol. The van der Waals surface area contributed by atoms with Gasteiger partial charge in [0.15, 0.2) is 0 Å². The van der Waals surface area contributed by atoms with E-state index >= 15 is 0 Å². The first-order valence-corrected chi connectivity index (χ1v) is 13.0. The molecule has 3 amide bonds. The summed E-state index contributed by atoms with van der Waals surface area (Å²) < 4.78 is 9.99. The van der Waals surface area contributed by atoms with Crippen molar-refractivity contribution in [1.82, 2.24) is 15.5 Å². The summed E-state index contributed by atoms with van der Waals surface area (Å²) in [6, 6.07) is 3.58. The SMILES string of the molecule is C=CCN(C(=O)C(CCSC)NC(=O)OC(C)(C)C)C(C(=O)NCC(=O)OC)c1cc(C)cc(C)c1. The molecule has 2 atom stereocenters. The number of esters is 1. The van der Waals surface area contributed by atoms with Gasteiger partial charge in [0.2, 0.25) is 11.8 Å². The van der Waals surface area contributed by atoms with Gasteiger partial charge in [0, 0.05) is 6.54 Å². The molecule has 0 aliphatic heterocycles. The van der Waals surface area contributed by atoms with E-state index in [0.29, 0.717) is 17.7 Å². The highest BCUT2D eigenvalue weighted by Gasteiger charge is 2.36. The van der Waals surface area contributed by atoms with E-state index in [0.717, 1.165) is 11.1 Å². The van der Waals surface area contributed by atoms with Gasteiger partial charge in [-0.25, -0.2) is 4.79 Å². The zero-order chi connectivity index (χ0) is 27.5. The van der Waals surface area contributed by atoms with Gasteiger partial charge in [-0.05, 0) is 58.6 Å². The highest BCUT2D eigenvalue weighted by Crippen LogP contribution is 2.25. The molecule has 36 heavy (non-hydrogen) atoms. The minimum Gasteiger partial charge on any atom is -0.468 e. The van der Waals surface area contributed by atoms with Gasteiger partial charge >= 0.3 is 12.1 Å². The molecule has 200 valence electrons. The van der Waals surface area contributed by atoms with Crippen LogP contribution in [0.1, 0.15) is 49.9 Å². The fourth-order valence-corrected chi connectivity index (χ4v) is 4.04. The molecule has 0 bridgehead atoms. The number of ether oxygens (including phenoxy) is 2. The number of hydrogen-bond donors (Lipinski definition) is 2. The predicted octanol–water partition coefficient (Wildman–Crippen LogP) is 3.29. The van der Waals surface area contributed by atoms with E-state index in [4.69, 9.17) is 4.74 Å². The van der Waals surface area contributed by atoms with Crippen molar-refractivity contribution in [3.63, 3.8) is 0 Å². The van der Waals surface area contributed by atoms with Gasteiger partial charge < -0.3 is 25.0 Å². The molecule has 1 aromatic rings. The van der Waals surface area contributed by atoms with E-state index in [1.807, 2.05) is 38.3 Å². The number of thioether (sulfide) groups is 1. The second kappa shape index (κ2) is 14.5. The fourth-order valence-electron chi connectivity index (χ4n) is 3.57. The second-order valence-electron chi connectivity index (χ2n) is 9.38. The van der Waals surface area contributed by atoms with E-state index in [1.165, 1.54) is 29.8 Å². The second-order valence-corrected chi connectivity index (χ2v) is 10.4. The van der Waals surface area contributed by atoms with Crippen LogP contribution in [0.25, 0.3) is 0 Å². The Morgan fingerprint density at radius 3 is 2.25 bits per heavy atom. The average Bonchev–Trinajstić information content (AvgIpc) is 2.77. The lowest BCUT2D eigenvalue weighted by Crippen LogP contribution is -2.53. The van der Waals surface area contributed by atoms with Crippen LogP contribution in [-0.4, -0.2) is 72.6 Å². The molecule has 0 saturated carbocycles. The average molecular weight is 522 g/mol. The maximum Gasteiger partial charge on any atom is 0.408 e. The van der Waals surface area contributed by atoms with Crippen LogP contribution in [-0.2, 0) is 23.9 Å². The summed E-state index contributed by atoms with van der Waals surface area (Å²) in [6.45, 7) is 12.4. The molecular weight excluding hydrogens is 482 g/mol. The molecule has 0 saturated heterocycles. The van der Waals surface area contributed by atoms with Crippen LogP contribution >= 0.6 is 11.8 Å². The van der Waals surface area contributed by atoms with Crippen LogP contribution in [0.5, 0.6) is 0 Å². The highest BCUT2D eigenvalue weighted by molar-refractivity contribution is 7.98. The summed E-state index contributed by atoms with van der Waals surface area (Å²) in [5.74, 6) is -1.04.